The third-order valence-electron chi connectivity index (χ3n) is 4.22. The van der Waals surface area contributed by atoms with Gasteiger partial charge in [-0.05, 0) is 25.0 Å². The number of nitro benzene ring substituents is 1. The zero-order valence-corrected chi connectivity index (χ0v) is 14.0. The molecule has 1 atom stereocenters. The van der Waals surface area contributed by atoms with E-state index in [1.54, 1.807) is 17.2 Å². The highest BCUT2D eigenvalue weighted by atomic mass is 35.5. The molecule has 130 valence electrons. The van der Waals surface area contributed by atoms with Crippen LogP contribution in [0, 0.1) is 10.1 Å². The molecule has 2 aromatic rings. The standard InChI is InChI=1S/C16H16ClN5O3/c17-13-8-11(22(24)25)3-4-12(13)15(23)21-7-1-2-10(9-21)14-5-6-19-16(18)20-14/h3-6,8,10H,1-2,7,9H2,(H2,18,19,20)/t10-/m1/s1. The van der Waals surface area contributed by atoms with E-state index in [2.05, 4.69) is 9.97 Å². The summed E-state index contributed by atoms with van der Waals surface area (Å²) >= 11 is 6.07. The van der Waals surface area contributed by atoms with Crippen molar-refractivity contribution < 1.29 is 9.72 Å². The summed E-state index contributed by atoms with van der Waals surface area (Å²) in [6.45, 7) is 1.09. The minimum Gasteiger partial charge on any atom is -0.368 e. The van der Waals surface area contributed by atoms with Crippen molar-refractivity contribution in [1.82, 2.24) is 14.9 Å². The highest BCUT2D eigenvalue weighted by molar-refractivity contribution is 6.34. The van der Waals surface area contributed by atoms with Crippen LogP contribution in [0.3, 0.4) is 0 Å². The van der Waals surface area contributed by atoms with Crippen LogP contribution in [0.2, 0.25) is 5.02 Å². The Morgan fingerprint density at radius 2 is 2.20 bits per heavy atom. The maximum absolute atomic E-state index is 12.8. The average molecular weight is 362 g/mol. The number of nitrogen functional groups attached to an aromatic ring is 1. The first-order chi connectivity index (χ1) is 12.0. The molecule has 1 aliphatic heterocycles. The predicted octanol–water partition coefficient (Wildman–Crippen LogP) is 2.64. The van der Waals surface area contributed by atoms with Gasteiger partial charge in [0.25, 0.3) is 11.6 Å². The van der Waals surface area contributed by atoms with Crippen LogP contribution in [-0.2, 0) is 0 Å². The Labute approximate surface area is 148 Å². The number of halogens is 1. The number of hydrogen-bond donors (Lipinski definition) is 1. The van der Waals surface area contributed by atoms with Crippen LogP contribution in [0.4, 0.5) is 11.6 Å². The van der Waals surface area contributed by atoms with E-state index in [-0.39, 0.29) is 34.0 Å². The summed E-state index contributed by atoms with van der Waals surface area (Å²) in [6, 6.07) is 5.68. The van der Waals surface area contributed by atoms with Gasteiger partial charge >= 0.3 is 0 Å². The number of nitrogens with two attached hydrogens (primary N) is 1. The number of hydrogen-bond acceptors (Lipinski definition) is 6. The van der Waals surface area contributed by atoms with Crippen LogP contribution >= 0.6 is 11.6 Å². The molecule has 0 bridgehead atoms. The molecule has 1 aromatic heterocycles. The Kier molecular flexibility index (Phi) is 4.80. The molecule has 2 heterocycles. The molecule has 9 heteroatoms. The van der Waals surface area contributed by atoms with Crippen molar-refractivity contribution in [1.29, 1.82) is 0 Å². The summed E-state index contributed by atoms with van der Waals surface area (Å²) in [4.78, 5) is 32.8. The molecular formula is C16H16ClN5O3. The van der Waals surface area contributed by atoms with Crippen LogP contribution in [0.15, 0.2) is 30.5 Å². The van der Waals surface area contributed by atoms with Gasteiger partial charge in [0, 0.05) is 37.3 Å². The van der Waals surface area contributed by atoms with Crippen LogP contribution in [0.1, 0.15) is 34.8 Å². The molecular weight excluding hydrogens is 346 g/mol. The van der Waals surface area contributed by atoms with Gasteiger partial charge in [0.15, 0.2) is 0 Å². The van der Waals surface area contributed by atoms with E-state index < -0.39 is 4.92 Å². The van der Waals surface area contributed by atoms with Gasteiger partial charge in [-0.25, -0.2) is 9.97 Å². The lowest BCUT2D eigenvalue weighted by Crippen LogP contribution is -2.39. The van der Waals surface area contributed by atoms with Gasteiger partial charge in [-0.1, -0.05) is 11.6 Å². The maximum atomic E-state index is 12.8. The van der Waals surface area contributed by atoms with Crippen LogP contribution in [0.5, 0.6) is 0 Å². The summed E-state index contributed by atoms with van der Waals surface area (Å²) in [5.41, 5.74) is 6.55. The predicted molar refractivity (Wildman–Crippen MR) is 92.4 cm³/mol. The summed E-state index contributed by atoms with van der Waals surface area (Å²) in [5, 5.41) is 10.9. The minimum atomic E-state index is -0.545. The molecule has 1 saturated heterocycles. The quantitative estimate of drug-likeness (QED) is 0.663. The van der Waals surface area contributed by atoms with Gasteiger partial charge in [0.05, 0.1) is 21.2 Å². The molecule has 0 unspecified atom stereocenters. The molecule has 0 spiro atoms. The maximum Gasteiger partial charge on any atom is 0.270 e. The van der Waals surface area contributed by atoms with Crippen molar-refractivity contribution in [2.75, 3.05) is 18.8 Å². The number of amides is 1. The monoisotopic (exact) mass is 361 g/mol. The van der Waals surface area contributed by atoms with E-state index in [0.717, 1.165) is 18.5 Å². The summed E-state index contributed by atoms with van der Waals surface area (Å²) in [5.74, 6) is 0.0332. The lowest BCUT2D eigenvalue weighted by Gasteiger charge is -2.32. The molecule has 1 amide bonds. The number of non-ortho nitro benzene ring substituents is 1. The lowest BCUT2D eigenvalue weighted by molar-refractivity contribution is -0.384. The summed E-state index contributed by atoms with van der Waals surface area (Å²) < 4.78 is 0. The van der Waals surface area contributed by atoms with E-state index in [4.69, 9.17) is 17.3 Å². The topological polar surface area (TPSA) is 115 Å². The number of piperidine rings is 1. The Bertz CT molecular complexity index is 829. The van der Waals surface area contributed by atoms with E-state index in [9.17, 15) is 14.9 Å². The van der Waals surface area contributed by atoms with Gasteiger partial charge in [-0.3, -0.25) is 14.9 Å². The Morgan fingerprint density at radius 1 is 1.40 bits per heavy atom. The van der Waals surface area contributed by atoms with Crippen LogP contribution in [-0.4, -0.2) is 38.8 Å². The number of carbonyl (C=O) groups is 1. The zero-order valence-electron chi connectivity index (χ0n) is 13.3. The second kappa shape index (κ2) is 7.02. The van der Waals surface area contributed by atoms with Crippen LogP contribution in [0.25, 0.3) is 0 Å². The molecule has 25 heavy (non-hydrogen) atoms. The van der Waals surface area contributed by atoms with Crippen molar-refractivity contribution in [3.05, 3.63) is 56.9 Å². The van der Waals surface area contributed by atoms with Crippen molar-refractivity contribution in [2.45, 2.75) is 18.8 Å². The largest absolute Gasteiger partial charge is 0.368 e. The Morgan fingerprint density at radius 3 is 2.88 bits per heavy atom. The molecule has 8 nitrogen and oxygen atoms in total. The molecule has 0 radical (unpaired) electrons. The lowest BCUT2D eigenvalue weighted by atomic mass is 9.94. The first-order valence-electron chi connectivity index (χ1n) is 7.77. The Hall–Kier alpha value is -2.74. The van der Waals surface area contributed by atoms with Gasteiger partial charge in [0.2, 0.25) is 5.95 Å². The number of aromatic nitrogens is 2. The molecule has 0 aliphatic carbocycles. The first kappa shape index (κ1) is 17.1. The third kappa shape index (κ3) is 3.69. The van der Waals surface area contributed by atoms with E-state index in [1.165, 1.54) is 18.2 Å². The van der Waals surface area contributed by atoms with Gasteiger partial charge in [0.1, 0.15) is 0 Å². The number of rotatable bonds is 3. The smallest absolute Gasteiger partial charge is 0.270 e. The first-order valence-corrected chi connectivity index (χ1v) is 8.15. The van der Waals surface area contributed by atoms with Crippen molar-refractivity contribution in [3.63, 3.8) is 0 Å². The van der Waals surface area contributed by atoms with Gasteiger partial charge in [-0.2, -0.15) is 0 Å². The van der Waals surface area contributed by atoms with Crippen LogP contribution < -0.4 is 5.73 Å². The third-order valence-corrected chi connectivity index (χ3v) is 4.53. The molecule has 2 N–H and O–H groups in total. The van der Waals surface area contributed by atoms with Gasteiger partial charge < -0.3 is 10.6 Å². The normalized spacial score (nSPS) is 17.3. The fourth-order valence-electron chi connectivity index (χ4n) is 2.98. The van der Waals surface area contributed by atoms with Crippen molar-refractivity contribution >= 4 is 29.1 Å². The fourth-order valence-corrected chi connectivity index (χ4v) is 3.24. The van der Waals surface area contributed by atoms with E-state index >= 15 is 0 Å². The SMILES string of the molecule is Nc1nccc([C@@H]2CCCN(C(=O)c3ccc([N+](=O)[O-])cc3Cl)C2)n1. The van der Waals surface area contributed by atoms with Crippen molar-refractivity contribution in [2.24, 2.45) is 0 Å². The molecule has 1 aromatic carbocycles. The van der Waals surface area contributed by atoms with E-state index in [0.29, 0.717) is 13.1 Å². The summed E-state index contributed by atoms with van der Waals surface area (Å²) in [7, 11) is 0. The number of likely N-dealkylation sites (tertiary alicyclic amines) is 1. The number of nitro groups is 1. The number of anilines is 1. The second-order valence-corrected chi connectivity index (χ2v) is 6.26. The van der Waals surface area contributed by atoms with Gasteiger partial charge in [-0.15, -0.1) is 0 Å². The number of nitrogens with zero attached hydrogens (tertiary/aromatic N) is 4. The highest BCUT2D eigenvalue weighted by Crippen LogP contribution is 2.29. The average Bonchev–Trinajstić information content (AvgIpc) is 2.61. The number of carbonyl (C=O) groups excluding carboxylic acids is 1. The van der Waals surface area contributed by atoms with E-state index in [1.807, 2.05) is 0 Å². The Balaban J connectivity index is 1.79. The molecule has 1 aliphatic rings. The highest BCUT2D eigenvalue weighted by Gasteiger charge is 2.28. The zero-order chi connectivity index (χ0) is 18.0. The minimum absolute atomic E-state index is 0.0693. The molecule has 0 saturated carbocycles. The summed E-state index contributed by atoms with van der Waals surface area (Å²) in [6.07, 6.45) is 3.32. The second-order valence-electron chi connectivity index (χ2n) is 5.85. The van der Waals surface area contributed by atoms with Crippen molar-refractivity contribution in [3.8, 4) is 0 Å². The fraction of sp³-hybridized carbons (Fsp3) is 0.312. The molecule has 1 fully saturated rings. The number of benzene rings is 1. The molecule has 3 rings (SSSR count).